The van der Waals surface area contributed by atoms with Crippen LogP contribution in [0, 0.1) is 0 Å². The molecule has 0 fully saturated rings. The maximum absolute atomic E-state index is 11.0. The van der Waals surface area contributed by atoms with Crippen LogP contribution in [0.2, 0.25) is 0 Å². The van der Waals surface area contributed by atoms with Crippen LogP contribution in [0.3, 0.4) is 0 Å². The smallest absolute Gasteiger partial charge is 0.258 e. The number of imide groups is 1. The molecule has 0 aliphatic heterocycles. The van der Waals surface area contributed by atoms with Crippen LogP contribution < -0.4 is 5.32 Å². The summed E-state index contributed by atoms with van der Waals surface area (Å²) in [7, 11) is 0. The van der Waals surface area contributed by atoms with Crippen molar-refractivity contribution in [2.24, 2.45) is 0 Å². The van der Waals surface area contributed by atoms with Gasteiger partial charge in [-0.1, -0.05) is 0 Å². The summed E-state index contributed by atoms with van der Waals surface area (Å²) in [6.45, 7) is 0.498. The fraction of sp³-hybridized carbons (Fsp3) is 0.750. The van der Waals surface area contributed by atoms with Crippen LogP contribution in [-0.4, -0.2) is 57.2 Å². The topological polar surface area (TPSA) is 127 Å². The zero-order valence-electron chi connectivity index (χ0n) is 8.25. The van der Waals surface area contributed by atoms with Crippen molar-refractivity contribution in [2.45, 2.75) is 31.7 Å². The van der Waals surface area contributed by atoms with Crippen molar-refractivity contribution < 1.29 is 30.0 Å². The molecule has 2 amide bonds. The number of nitrogens with one attached hydrogen (secondary N) is 1. The van der Waals surface area contributed by atoms with Crippen molar-refractivity contribution in [1.29, 1.82) is 0 Å². The molecular formula is C8H15NO6. The number of amides is 2. The average Bonchev–Trinajstić information content (AvgIpc) is 2.15. The Hall–Kier alpha value is -1.02. The molecule has 0 aromatic carbocycles. The Morgan fingerprint density at radius 3 is 2.20 bits per heavy atom. The van der Waals surface area contributed by atoms with Gasteiger partial charge in [0.1, 0.15) is 0 Å². The molecule has 0 unspecified atom stereocenters. The van der Waals surface area contributed by atoms with Crippen LogP contribution in [0.15, 0.2) is 0 Å². The van der Waals surface area contributed by atoms with Crippen molar-refractivity contribution in [3.8, 4) is 0 Å². The third-order valence-corrected chi connectivity index (χ3v) is 1.66. The van der Waals surface area contributed by atoms with E-state index in [9.17, 15) is 19.8 Å². The van der Waals surface area contributed by atoms with E-state index < -0.39 is 36.7 Å². The van der Waals surface area contributed by atoms with E-state index in [2.05, 4.69) is 0 Å². The Morgan fingerprint density at radius 1 is 1.27 bits per heavy atom. The van der Waals surface area contributed by atoms with Crippen LogP contribution >= 0.6 is 0 Å². The second-order valence-corrected chi connectivity index (χ2v) is 3.13. The lowest BCUT2D eigenvalue weighted by Crippen LogP contribution is -2.45. The summed E-state index contributed by atoms with van der Waals surface area (Å²) >= 11 is 0. The fourth-order valence-corrected chi connectivity index (χ4v) is 0.904. The molecule has 0 saturated carbocycles. The summed E-state index contributed by atoms with van der Waals surface area (Å²) < 4.78 is 0. The van der Waals surface area contributed by atoms with E-state index in [-0.39, 0.29) is 6.42 Å². The number of rotatable bonds is 5. The molecule has 0 rings (SSSR count). The molecule has 7 heteroatoms. The van der Waals surface area contributed by atoms with E-state index in [4.69, 9.17) is 10.2 Å². The number of aliphatic hydroxyl groups is 4. The molecule has 0 radical (unpaired) electrons. The quantitative estimate of drug-likeness (QED) is 0.339. The van der Waals surface area contributed by atoms with Crippen molar-refractivity contribution in [1.82, 2.24) is 5.32 Å². The van der Waals surface area contributed by atoms with Gasteiger partial charge in [0, 0.05) is 13.3 Å². The van der Waals surface area contributed by atoms with Gasteiger partial charge in [0.15, 0.2) is 6.10 Å². The van der Waals surface area contributed by atoms with Gasteiger partial charge in [-0.2, -0.15) is 0 Å². The molecule has 0 aromatic heterocycles. The molecule has 3 atom stereocenters. The molecule has 0 heterocycles. The number of hydrogen-bond acceptors (Lipinski definition) is 6. The van der Waals surface area contributed by atoms with E-state index in [0.29, 0.717) is 0 Å². The van der Waals surface area contributed by atoms with Gasteiger partial charge in [-0.15, -0.1) is 0 Å². The summed E-state index contributed by atoms with van der Waals surface area (Å²) in [4.78, 5) is 21.4. The highest BCUT2D eigenvalue weighted by Gasteiger charge is 2.26. The first kappa shape index (κ1) is 14.0. The molecule has 88 valence electrons. The molecule has 0 bridgehead atoms. The van der Waals surface area contributed by atoms with Gasteiger partial charge in [0.05, 0.1) is 18.8 Å². The summed E-state index contributed by atoms with van der Waals surface area (Å²) in [5, 5.41) is 37.5. The van der Waals surface area contributed by atoms with Gasteiger partial charge in [-0.25, -0.2) is 0 Å². The van der Waals surface area contributed by atoms with E-state index in [1.807, 2.05) is 0 Å². The summed E-state index contributed by atoms with van der Waals surface area (Å²) in [5.41, 5.74) is 0. The SMILES string of the molecule is CC(=O)NC(=O)[C@H](O)[C@@H](O)C[C@H](O)CO. The molecule has 15 heavy (non-hydrogen) atoms. The van der Waals surface area contributed by atoms with Gasteiger partial charge < -0.3 is 20.4 Å². The van der Waals surface area contributed by atoms with E-state index in [1.54, 1.807) is 5.32 Å². The van der Waals surface area contributed by atoms with Gasteiger partial charge in [-0.3, -0.25) is 14.9 Å². The maximum atomic E-state index is 11.0. The minimum absolute atomic E-state index is 0.358. The fourth-order valence-electron chi connectivity index (χ4n) is 0.904. The first-order valence-electron chi connectivity index (χ1n) is 4.35. The highest BCUT2D eigenvalue weighted by Crippen LogP contribution is 2.03. The molecular weight excluding hydrogens is 206 g/mol. The number of carbonyl (C=O) groups is 2. The van der Waals surface area contributed by atoms with Crippen LogP contribution in [0.5, 0.6) is 0 Å². The molecule has 0 aliphatic carbocycles. The Morgan fingerprint density at radius 2 is 1.80 bits per heavy atom. The minimum Gasteiger partial charge on any atom is -0.394 e. The second kappa shape index (κ2) is 6.46. The Kier molecular flexibility index (Phi) is 6.02. The molecule has 0 aromatic rings. The Labute approximate surface area is 86.3 Å². The molecule has 5 N–H and O–H groups in total. The standard InChI is InChI=1S/C8H15NO6/c1-4(11)9-8(15)7(14)6(13)2-5(12)3-10/h5-7,10,12-14H,2-3H2,1H3,(H,9,11,15)/t5-,6-,7+/m0/s1. The first-order chi connectivity index (χ1) is 6.88. The maximum Gasteiger partial charge on any atom is 0.258 e. The van der Waals surface area contributed by atoms with Gasteiger partial charge in [0.2, 0.25) is 5.91 Å². The van der Waals surface area contributed by atoms with E-state index in [0.717, 1.165) is 6.92 Å². The van der Waals surface area contributed by atoms with E-state index in [1.165, 1.54) is 0 Å². The molecule has 0 saturated heterocycles. The minimum atomic E-state index is -1.81. The molecule has 0 aliphatic rings. The average molecular weight is 221 g/mol. The molecule has 0 spiro atoms. The van der Waals surface area contributed by atoms with Gasteiger partial charge >= 0.3 is 0 Å². The predicted octanol–water partition coefficient (Wildman–Crippen LogP) is -2.89. The van der Waals surface area contributed by atoms with Gasteiger partial charge in [-0.05, 0) is 0 Å². The number of aliphatic hydroxyl groups excluding tert-OH is 4. The third-order valence-electron chi connectivity index (χ3n) is 1.66. The van der Waals surface area contributed by atoms with Crippen LogP contribution in [0.4, 0.5) is 0 Å². The monoisotopic (exact) mass is 221 g/mol. The van der Waals surface area contributed by atoms with Crippen LogP contribution in [0.1, 0.15) is 13.3 Å². The van der Waals surface area contributed by atoms with E-state index >= 15 is 0 Å². The number of hydrogen-bond donors (Lipinski definition) is 5. The Balaban J connectivity index is 4.12. The first-order valence-corrected chi connectivity index (χ1v) is 4.35. The van der Waals surface area contributed by atoms with Crippen molar-refractivity contribution >= 4 is 11.8 Å². The Bertz CT molecular complexity index is 231. The lowest BCUT2D eigenvalue weighted by atomic mass is 10.1. The number of carbonyl (C=O) groups excluding carboxylic acids is 2. The van der Waals surface area contributed by atoms with Crippen molar-refractivity contribution in [3.05, 3.63) is 0 Å². The lowest BCUT2D eigenvalue weighted by molar-refractivity contribution is -0.140. The lowest BCUT2D eigenvalue weighted by Gasteiger charge is -2.18. The summed E-state index contributed by atoms with van der Waals surface area (Å²) in [5.74, 6) is -1.70. The predicted molar refractivity (Wildman–Crippen MR) is 48.5 cm³/mol. The van der Waals surface area contributed by atoms with Gasteiger partial charge in [0.25, 0.3) is 5.91 Å². The van der Waals surface area contributed by atoms with Crippen molar-refractivity contribution in [2.75, 3.05) is 6.61 Å². The van der Waals surface area contributed by atoms with Crippen LogP contribution in [-0.2, 0) is 9.59 Å². The normalized spacial score (nSPS) is 16.6. The van der Waals surface area contributed by atoms with Crippen molar-refractivity contribution in [3.63, 3.8) is 0 Å². The zero-order chi connectivity index (χ0) is 12.0. The highest BCUT2D eigenvalue weighted by atomic mass is 16.3. The summed E-state index contributed by atoms with van der Waals surface area (Å²) in [6.07, 6.45) is -4.93. The van der Waals surface area contributed by atoms with Crippen LogP contribution in [0.25, 0.3) is 0 Å². The largest absolute Gasteiger partial charge is 0.394 e. The third kappa shape index (κ3) is 5.43. The summed E-state index contributed by atoms with van der Waals surface area (Å²) in [6, 6.07) is 0. The zero-order valence-corrected chi connectivity index (χ0v) is 8.25. The molecule has 7 nitrogen and oxygen atoms in total. The second-order valence-electron chi connectivity index (χ2n) is 3.13. The highest BCUT2D eigenvalue weighted by molar-refractivity contribution is 5.96.